The van der Waals surface area contributed by atoms with Crippen molar-refractivity contribution in [3.63, 3.8) is 0 Å². The van der Waals surface area contributed by atoms with E-state index >= 15 is 0 Å². The van der Waals surface area contributed by atoms with Crippen LogP contribution in [0.5, 0.6) is 0 Å². The molecular weight excluding hydrogens is 212 g/mol. The third kappa shape index (κ3) is 6.06. The Morgan fingerprint density at radius 1 is 1.12 bits per heavy atom. The van der Waals surface area contributed by atoms with Gasteiger partial charge in [0.15, 0.2) is 0 Å². The van der Waals surface area contributed by atoms with Crippen LogP contribution in [-0.2, 0) is 4.79 Å². The number of nitrogens with two attached hydrogens (primary N) is 1. The number of nitrogens with zero attached hydrogens (tertiary/aromatic N) is 1. The maximum atomic E-state index is 12.4. The molecule has 0 aromatic rings. The highest BCUT2D eigenvalue weighted by Crippen LogP contribution is 2.23. The molecule has 0 aliphatic rings. The summed E-state index contributed by atoms with van der Waals surface area (Å²) in [7, 11) is 0. The second kappa shape index (κ2) is 8.51. The van der Waals surface area contributed by atoms with E-state index in [9.17, 15) is 4.79 Å². The largest absolute Gasteiger partial charge is 0.342 e. The fourth-order valence-electron chi connectivity index (χ4n) is 1.91. The van der Waals surface area contributed by atoms with Crippen molar-refractivity contribution in [1.82, 2.24) is 4.90 Å². The summed E-state index contributed by atoms with van der Waals surface area (Å²) in [5, 5.41) is 0. The molecule has 3 nitrogen and oxygen atoms in total. The van der Waals surface area contributed by atoms with Crippen LogP contribution in [0.3, 0.4) is 0 Å². The van der Waals surface area contributed by atoms with Crippen LogP contribution in [0.4, 0.5) is 0 Å². The maximum absolute atomic E-state index is 12.4. The second-order valence-corrected chi connectivity index (χ2v) is 5.42. The minimum absolute atomic E-state index is 0.268. The van der Waals surface area contributed by atoms with E-state index in [0.29, 0.717) is 6.54 Å². The third-order valence-electron chi connectivity index (χ3n) is 3.20. The van der Waals surface area contributed by atoms with E-state index in [1.165, 1.54) is 0 Å². The molecule has 102 valence electrons. The van der Waals surface area contributed by atoms with Gasteiger partial charge in [0.05, 0.1) is 0 Å². The molecule has 0 saturated heterocycles. The van der Waals surface area contributed by atoms with E-state index in [4.69, 9.17) is 5.73 Å². The minimum atomic E-state index is -0.309. The summed E-state index contributed by atoms with van der Waals surface area (Å²) in [6, 6.07) is 0. The van der Waals surface area contributed by atoms with Crippen LogP contribution in [0.15, 0.2) is 0 Å². The van der Waals surface area contributed by atoms with E-state index in [2.05, 4.69) is 13.8 Å². The van der Waals surface area contributed by atoms with Gasteiger partial charge < -0.3 is 10.6 Å². The number of amides is 1. The smallest absolute Gasteiger partial charge is 0.228 e. The van der Waals surface area contributed by atoms with Gasteiger partial charge in [-0.15, -0.1) is 0 Å². The number of carbonyl (C=O) groups excluding carboxylic acids is 1. The number of hydrogen-bond donors (Lipinski definition) is 1. The Labute approximate surface area is 107 Å². The van der Waals surface area contributed by atoms with Crippen LogP contribution >= 0.6 is 0 Å². The Hall–Kier alpha value is -0.570. The van der Waals surface area contributed by atoms with Gasteiger partial charge in [0.25, 0.3) is 0 Å². The average Bonchev–Trinajstić information content (AvgIpc) is 2.28. The monoisotopic (exact) mass is 242 g/mol. The minimum Gasteiger partial charge on any atom is -0.342 e. The van der Waals surface area contributed by atoms with Gasteiger partial charge in [0.1, 0.15) is 0 Å². The molecule has 0 aromatic heterocycles. The molecule has 17 heavy (non-hydrogen) atoms. The lowest BCUT2D eigenvalue weighted by Gasteiger charge is -2.32. The highest BCUT2D eigenvalue weighted by atomic mass is 16.2. The first-order chi connectivity index (χ1) is 7.99. The highest BCUT2D eigenvalue weighted by molar-refractivity contribution is 5.81. The molecule has 3 heteroatoms. The van der Waals surface area contributed by atoms with E-state index < -0.39 is 0 Å². The number of carbonyl (C=O) groups is 1. The Morgan fingerprint density at radius 3 is 1.94 bits per heavy atom. The zero-order chi connectivity index (χ0) is 13.3. The van der Waals surface area contributed by atoms with Crippen LogP contribution in [-0.4, -0.2) is 30.4 Å². The molecule has 0 aromatic carbocycles. The van der Waals surface area contributed by atoms with Crippen molar-refractivity contribution in [2.75, 3.05) is 19.6 Å². The van der Waals surface area contributed by atoms with E-state index in [0.717, 1.165) is 45.2 Å². The van der Waals surface area contributed by atoms with E-state index in [1.54, 1.807) is 0 Å². The molecule has 0 radical (unpaired) electrons. The molecule has 0 saturated carbocycles. The Morgan fingerprint density at radius 2 is 1.59 bits per heavy atom. The summed E-state index contributed by atoms with van der Waals surface area (Å²) in [6.07, 6.45) is 5.21. The second-order valence-electron chi connectivity index (χ2n) is 5.42. The normalized spacial score (nSPS) is 11.6. The van der Waals surface area contributed by atoms with Crippen molar-refractivity contribution >= 4 is 5.91 Å². The molecule has 0 atom stereocenters. The first-order valence-corrected chi connectivity index (χ1v) is 6.99. The van der Waals surface area contributed by atoms with Gasteiger partial charge in [-0.2, -0.15) is 0 Å². The van der Waals surface area contributed by atoms with Gasteiger partial charge in [-0.25, -0.2) is 0 Å². The van der Waals surface area contributed by atoms with Gasteiger partial charge in [0, 0.05) is 18.5 Å². The van der Waals surface area contributed by atoms with Crippen LogP contribution in [0.25, 0.3) is 0 Å². The summed E-state index contributed by atoms with van der Waals surface area (Å²) < 4.78 is 0. The highest BCUT2D eigenvalue weighted by Gasteiger charge is 2.30. The molecule has 1 amide bonds. The standard InChI is InChI=1S/C14H30N2O/c1-5-7-11-16(12-8-6-2)13(17)14(3,4)9-10-15/h5-12,15H2,1-4H3. The van der Waals surface area contributed by atoms with Crippen LogP contribution in [0, 0.1) is 5.41 Å². The van der Waals surface area contributed by atoms with Gasteiger partial charge in [-0.05, 0) is 25.8 Å². The van der Waals surface area contributed by atoms with Crippen molar-refractivity contribution in [1.29, 1.82) is 0 Å². The zero-order valence-corrected chi connectivity index (χ0v) is 12.1. The Kier molecular flexibility index (Phi) is 8.23. The lowest BCUT2D eigenvalue weighted by molar-refractivity contribution is -0.140. The lowest BCUT2D eigenvalue weighted by atomic mass is 9.87. The third-order valence-corrected chi connectivity index (χ3v) is 3.20. The fourth-order valence-corrected chi connectivity index (χ4v) is 1.91. The molecule has 0 bridgehead atoms. The Bertz CT molecular complexity index is 206. The van der Waals surface area contributed by atoms with Crippen molar-refractivity contribution in [2.24, 2.45) is 11.1 Å². The van der Waals surface area contributed by atoms with Gasteiger partial charge in [-0.3, -0.25) is 4.79 Å². The summed E-state index contributed by atoms with van der Waals surface area (Å²) in [5.74, 6) is 0.268. The molecule has 0 aliphatic carbocycles. The molecule has 0 unspecified atom stereocenters. The average molecular weight is 242 g/mol. The molecule has 0 aliphatic heterocycles. The first kappa shape index (κ1) is 16.4. The fraction of sp³-hybridized carbons (Fsp3) is 0.929. The number of unbranched alkanes of at least 4 members (excludes halogenated alkanes) is 2. The number of hydrogen-bond acceptors (Lipinski definition) is 2. The topological polar surface area (TPSA) is 46.3 Å². The summed E-state index contributed by atoms with van der Waals surface area (Å²) in [4.78, 5) is 14.5. The molecular formula is C14H30N2O. The molecule has 0 spiro atoms. The van der Waals surface area contributed by atoms with Crippen molar-refractivity contribution in [3.05, 3.63) is 0 Å². The summed E-state index contributed by atoms with van der Waals surface area (Å²) in [6.45, 7) is 10.7. The number of rotatable bonds is 9. The maximum Gasteiger partial charge on any atom is 0.228 e. The van der Waals surface area contributed by atoms with Crippen molar-refractivity contribution in [3.8, 4) is 0 Å². The van der Waals surface area contributed by atoms with Gasteiger partial charge in [-0.1, -0.05) is 40.5 Å². The van der Waals surface area contributed by atoms with Gasteiger partial charge in [0.2, 0.25) is 5.91 Å². The van der Waals surface area contributed by atoms with Crippen LogP contribution in [0.2, 0.25) is 0 Å². The summed E-state index contributed by atoms with van der Waals surface area (Å²) >= 11 is 0. The zero-order valence-electron chi connectivity index (χ0n) is 12.1. The Balaban J connectivity index is 4.48. The molecule has 0 heterocycles. The lowest BCUT2D eigenvalue weighted by Crippen LogP contribution is -2.42. The van der Waals surface area contributed by atoms with E-state index in [-0.39, 0.29) is 11.3 Å². The van der Waals surface area contributed by atoms with Crippen LogP contribution in [0.1, 0.15) is 59.8 Å². The van der Waals surface area contributed by atoms with Gasteiger partial charge >= 0.3 is 0 Å². The van der Waals surface area contributed by atoms with Crippen LogP contribution < -0.4 is 5.73 Å². The first-order valence-electron chi connectivity index (χ1n) is 6.99. The van der Waals surface area contributed by atoms with Crippen molar-refractivity contribution in [2.45, 2.75) is 59.8 Å². The summed E-state index contributed by atoms with van der Waals surface area (Å²) in [5.41, 5.74) is 5.27. The predicted molar refractivity (Wildman–Crippen MR) is 73.8 cm³/mol. The SMILES string of the molecule is CCCCN(CCCC)C(=O)C(C)(C)CCN. The molecule has 2 N–H and O–H groups in total. The van der Waals surface area contributed by atoms with Crippen molar-refractivity contribution < 1.29 is 4.79 Å². The quantitative estimate of drug-likeness (QED) is 0.676. The molecule has 0 rings (SSSR count). The van der Waals surface area contributed by atoms with E-state index in [1.807, 2.05) is 18.7 Å². The molecule has 0 fully saturated rings. The predicted octanol–water partition coefficient (Wildman–Crippen LogP) is 2.79.